The predicted octanol–water partition coefficient (Wildman–Crippen LogP) is 2.18. The van der Waals surface area contributed by atoms with Crippen molar-refractivity contribution in [1.82, 2.24) is 9.55 Å². The van der Waals surface area contributed by atoms with Gasteiger partial charge >= 0.3 is 11.9 Å². The van der Waals surface area contributed by atoms with Gasteiger partial charge in [0.1, 0.15) is 6.61 Å². The molecule has 0 fully saturated rings. The maximum absolute atomic E-state index is 13.2. The number of carboxylic acid groups (broad SMARTS) is 1. The number of hydrogen-bond donors (Lipinski definition) is 2. The van der Waals surface area contributed by atoms with Crippen molar-refractivity contribution >= 4 is 28.9 Å². The van der Waals surface area contributed by atoms with E-state index in [1.54, 1.807) is 29.7 Å². The van der Waals surface area contributed by atoms with Crippen LogP contribution in [-0.4, -0.2) is 31.7 Å². The molecule has 0 bridgehead atoms. The van der Waals surface area contributed by atoms with Crippen molar-refractivity contribution in [1.29, 1.82) is 0 Å². The lowest BCUT2D eigenvalue weighted by atomic mass is 9.86. The van der Waals surface area contributed by atoms with Gasteiger partial charge in [0.15, 0.2) is 5.60 Å². The number of cyclic esters (lactones) is 1. The van der Waals surface area contributed by atoms with Gasteiger partial charge < -0.3 is 19.5 Å². The lowest BCUT2D eigenvalue weighted by molar-refractivity contribution is -0.172. The molecule has 1 atom stereocenters. The van der Waals surface area contributed by atoms with E-state index in [0.717, 1.165) is 17.0 Å². The molecule has 1 aromatic carbocycles. The summed E-state index contributed by atoms with van der Waals surface area (Å²) in [7, 11) is 0. The summed E-state index contributed by atoms with van der Waals surface area (Å²) in [5, 5.41) is 20.6. The minimum absolute atomic E-state index is 0.0823. The van der Waals surface area contributed by atoms with Crippen LogP contribution in [0.4, 0.5) is 0 Å². The van der Waals surface area contributed by atoms with Gasteiger partial charge in [-0.15, -0.1) is 0 Å². The van der Waals surface area contributed by atoms with Crippen LogP contribution in [-0.2, 0) is 33.1 Å². The molecule has 2 aliphatic rings. The fraction of sp³-hybridized carbons (Fsp3) is 0.217. The van der Waals surface area contributed by atoms with Gasteiger partial charge in [-0.25, -0.2) is 14.6 Å². The number of aromatic nitrogens is 2. The summed E-state index contributed by atoms with van der Waals surface area (Å²) in [6, 6.07) is 8.96. The average molecular weight is 418 g/mol. The highest BCUT2D eigenvalue weighted by Gasteiger charge is 2.45. The van der Waals surface area contributed by atoms with Crippen LogP contribution >= 0.6 is 0 Å². The van der Waals surface area contributed by atoms with Gasteiger partial charge in [-0.05, 0) is 36.3 Å². The maximum Gasteiger partial charge on any atom is 0.343 e. The monoisotopic (exact) mass is 418 g/mol. The Kier molecular flexibility index (Phi) is 4.10. The Hall–Kier alpha value is -3.78. The van der Waals surface area contributed by atoms with E-state index in [0.29, 0.717) is 22.5 Å². The molecule has 3 aromatic rings. The molecule has 0 radical (unpaired) electrons. The molecule has 156 valence electrons. The van der Waals surface area contributed by atoms with Crippen LogP contribution in [0.15, 0.2) is 41.2 Å². The third kappa shape index (κ3) is 2.72. The molecule has 0 aliphatic carbocycles. The number of carboxylic acids is 1. The summed E-state index contributed by atoms with van der Waals surface area (Å²) in [5.41, 5.74) is 1.66. The highest BCUT2D eigenvalue weighted by Crippen LogP contribution is 2.38. The number of hydrogen-bond acceptors (Lipinski definition) is 6. The van der Waals surface area contributed by atoms with Crippen molar-refractivity contribution in [3.8, 4) is 11.4 Å². The second-order valence-electron chi connectivity index (χ2n) is 7.68. The standard InChI is InChI=1S/C23H18N2O6/c1-2-23(30)16-9-18-20-13(10-25(18)21(28)15(16)11-31-22(23)29)8-14-12(6-7-19(26)27)4-3-5-17(14)24-20/h3-9,30H,2,10-11H2,1H3,(H,26,27)/b7-6+/t23-/m0/s1. The minimum atomic E-state index is -1.86. The number of aliphatic carboxylic acids is 1. The van der Waals surface area contributed by atoms with Crippen molar-refractivity contribution in [2.24, 2.45) is 0 Å². The molecule has 5 rings (SSSR count). The summed E-state index contributed by atoms with van der Waals surface area (Å²) < 4.78 is 6.65. The Balaban J connectivity index is 1.73. The van der Waals surface area contributed by atoms with Crippen LogP contribution in [0.2, 0.25) is 0 Å². The van der Waals surface area contributed by atoms with Crippen LogP contribution in [0.1, 0.15) is 35.6 Å². The van der Waals surface area contributed by atoms with E-state index in [1.807, 2.05) is 12.1 Å². The van der Waals surface area contributed by atoms with Crippen molar-refractivity contribution in [2.75, 3.05) is 0 Å². The van der Waals surface area contributed by atoms with Crippen molar-refractivity contribution in [3.63, 3.8) is 0 Å². The molecular weight excluding hydrogens is 400 g/mol. The van der Waals surface area contributed by atoms with Crippen LogP contribution in [0.5, 0.6) is 0 Å². The van der Waals surface area contributed by atoms with E-state index >= 15 is 0 Å². The number of nitrogens with zero attached hydrogens (tertiary/aromatic N) is 2. The number of rotatable bonds is 3. The number of pyridine rings is 2. The maximum atomic E-state index is 13.2. The Morgan fingerprint density at radius 3 is 2.87 bits per heavy atom. The summed E-state index contributed by atoms with van der Waals surface area (Å²) in [4.78, 5) is 41.1. The molecule has 0 saturated carbocycles. The van der Waals surface area contributed by atoms with Crippen molar-refractivity contribution < 1.29 is 24.5 Å². The molecular formula is C23H18N2O6. The van der Waals surface area contributed by atoms with Gasteiger partial charge in [-0.2, -0.15) is 0 Å². The Morgan fingerprint density at radius 1 is 1.32 bits per heavy atom. The molecule has 2 N–H and O–H groups in total. The zero-order valence-electron chi connectivity index (χ0n) is 16.6. The smallest absolute Gasteiger partial charge is 0.343 e. The molecule has 2 aliphatic heterocycles. The molecule has 0 amide bonds. The number of carbonyl (C=O) groups is 2. The van der Waals surface area contributed by atoms with E-state index in [1.165, 1.54) is 6.08 Å². The summed E-state index contributed by atoms with van der Waals surface area (Å²) in [5.74, 6) is -1.80. The predicted molar refractivity (Wildman–Crippen MR) is 111 cm³/mol. The lowest BCUT2D eigenvalue weighted by Gasteiger charge is -2.31. The first-order valence-electron chi connectivity index (χ1n) is 9.84. The van der Waals surface area contributed by atoms with E-state index in [-0.39, 0.29) is 36.3 Å². The largest absolute Gasteiger partial charge is 0.478 e. The Labute approximate surface area is 176 Å². The second-order valence-corrected chi connectivity index (χ2v) is 7.68. The normalized spacial score (nSPS) is 19.2. The number of carbonyl (C=O) groups excluding carboxylic acids is 1. The summed E-state index contributed by atoms with van der Waals surface area (Å²) in [6.07, 6.45) is 2.66. The molecule has 4 heterocycles. The average Bonchev–Trinajstić information content (AvgIpc) is 3.11. The first kappa shape index (κ1) is 19.2. The van der Waals surface area contributed by atoms with Gasteiger partial charge in [-0.3, -0.25) is 4.79 Å². The number of fused-ring (bicyclic) bond motifs is 5. The first-order chi connectivity index (χ1) is 14.8. The van der Waals surface area contributed by atoms with E-state index in [9.17, 15) is 19.5 Å². The second kappa shape index (κ2) is 6.61. The molecule has 0 spiro atoms. The fourth-order valence-electron chi connectivity index (χ4n) is 4.33. The third-order valence-corrected chi connectivity index (χ3v) is 5.99. The van der Waals surface area contributed by atoms with Crippen molar-refractivity contribution in [3.05, 3.63) is 69.0 Å². The Morgan fingerprint density at radius 2 is 2.13 bits per heavy atom. The van der Waals surface area contributed by atoms with Crippen LogP contribution in [0, 0.1) is 0 Å². The van der Waals surface area contributed by atoms with E-state index in [4.69, 9.17) is 14.8 Å². The van der Waals surface area contributed by atoms with E-state index < -0.39 is 17.5 Å². The molecule has 0 saturated heterocycles. The van der Waals surface area contributed by atoms with E-state index in [2.05, 4.69) is 0 Å². The molecule has 31 heavy (non-hydrogen) atoms. The molecule has 8 nitrogen and oxygen atoms in total. The van der Waals surface area contributed by atoms with Crippen LogP contribution in [0.3, 0.4) is 0 Å². The number of benzene rings is 1. The zero-order chi connectivity index (χ0) is 21.9. The number of esters is 1. The fourth-order valence-corrected chi connectivity index (χ4v) is 4.33. The van der Waals surface area contributed by atoms with Gasteiger partial charge in [0.2, 0.25) is 0 Å². The van der Waals surface area contributed by atoms with Gasteiger partial charge in [0.25, 0.3) is 5.56 Å². The summed E-state index contributed by atoms with van der Waals surface area (Å²) in [6.45, 7) is 1.77. The van der Waals surface area contributed by atoms with Crippen LogP contribution < -0.4 is 5.56 Å². The van der Waals surface area contributed by atoms with Gasteiger partial charge in [0, 0.05) is 22.6 Å². The van der Waals surface area contributed by atoms with Crippen LogP contribution in [0.25, 0.3) is 28.4 Å². The zero-order valence-corrected chi connectivity index (χ0v) is 16.6. The topological polar surface area (TPSA) is 119 Å². The molecule has 2 aromatic heterocycles. The highest BCUT2D eigenvalue weighted by molar-refractivity contribution is 5.94. The Bertz CT molecular complexity index is 1390. The van der Waals surface area contributed by atoms with Gasteiger partial charge in [0.05, 0.1) is 29.0 Å². The van der Waals surface area contributed by atoms with Crippen molar-refractivity contribution in [2.45, 2.75) is 32.1 Å². The quantitative estimate of drug-likeness (QED) is 0.387. The third-order valence-electron chi connectivity index (χ3n) is 5.99. The first-order valence-corrected chi connectivity index (χ1v) is 9.84. The SMILES string of the molecule is CC[C@@]1(O)C(=O)OCc2c1cc1n(c2=O)Cc2cc3c(/C=C/C(=O)O)cccc3nc2-1. The summed E-state index contributed by atoms with van der Waals surface area (Å²) >= 11 is 0. The number of aliphatic hydroxyl groups is 1. The molecule has 0 unspecified atom stereocenters. The molecule has 8 heteroatoms. The van der Waals surface area contributed by atoms with Gasteiger partial charge in [-0.1, -0.05) is 19.1 Å². The minimum Gasteiger partial charge on any atom is -0.478 e. The number of ether oxygens (including phenoxy) is 1. The lowest BCUT2D eigenvalue weighted by Crippen LogP contribution is -2.44. The highest BCUT2D eigenvalue weighted by atomic mass is 16.6.